The van der Waals surface area contributed by atoms with Crippen molar-refractivity contribution in [1.82, 2.24) is 14.6 Å². The molecule has 2 bridgehead atoms. The lowest BCUT2D eigenvalue weighted by molar-refractivity contribution is 0.0909. The lowest BCUT2D eigenvalue weighted by Gasteiger charge is -2.30. The van der Waals surface area contributed by atoms with Crippen molar-refractivity contribution in [2.24, 2.45) is 5.92 Å². The third-order valence-corrected chi connectivity index (χ3v) is 4.83. The molecule has 4 nitrogen and oxygen atoms in total. The zero-order valence-electron chi connectivity index (χ0n) is 11.8. The van der Waals surface area contributed by atoms with Crippen LogP contribution in [0.2, 0.25) is 5.02 Å². The molecule has 2 aliphatic heterocycles. The summed E-state index contributed by atoms with van der Waals surface area (Å²) in [5.41, 5.74) is 1.64. The van der Waals surface area contributed by atoms with Crippen LogP contribution in [0.4, 0.5) is 0 Å². The molecule has 110 valence electrons. The van der Waals surface area contributed by atoms with Crippen molar-refractivity contribution in [2.45, 2.75) is 18.9 Å². The van der Waals surface area contributed by atoms with Gasteiger partial charge in [-0.2, -0.15) is 0 Å². The molecule has 1 N–H and O–H groups in total. The third-order valence-electron chi connectivity index (χ3n) is 4.63. The van der Waals surface area contributed by atoms with Gasteiger partial charge in [0, 0.05) is 42.6 Å². The lowest BCUT2D eigenvalue weighted by atomic mass is 9.96. The number of pyridine rings is 1. The molecule has 3 atom stereocenters. The van der Waals surface area contributed by atoms with Crippen LogP contribution < -0.4 is 5.32 Å². The Labute approximate surface area is 128 Å². The smallest absolute Gasteiger partial charge is 0.251 e. The van der Waals surface area contributed by atoms with Gasteiger partial charge in [-0.15, -0.1) is 0 Å². The van der Waals surface area contributed by atoms with Gasteiger partial charge in [0.15, 0.2) is 0 Å². The van der Waals surface area contributed by atoms with Crippen LogP contribution in [0, 0.1) is 5.92 Å². The molecule has 2 saturated heterocycles. The van der Waals surface area contributed by atoms with Gasteiger partial charge >= 0.3 is 0 Å². The number of nitrogens with zero attached hydrogens (tertiary/aromatic N) is 2. The predicted octanol–water partition coefficient (Wildman–Crippen LogP) is 2.42. The number of carbonyl (C=O) groups is 1. The molecule has 2 aliphatic rings. The summed E-state index contributed by atoms with van der Waals surface area (Å²) >= 11 is 5.98. The van der Waals surface area contributed by atoms with Crippen LogP contribution in [0.5, 0.6) is 0 Å². The van der Waals surface area contributed by atoms with Crippen LogP contribution in [0.1, 0.15) is 23.2 Å². The first kappa shape index (κ1) is 13.2. The lowest BCUT2D eigenvalue weighted by Crippen LogP contribution is -2.47. The molecule has 0 radical (unpaired) electrons. The maximum absolute atomic E-state index is 12.4. The summed E-state index contributed by atoms with van der Waals surface area (Å²) in [6, 6.07) is 5.88. The normalized spacial score (nSPS) is 28.0. The summed E-state index contributed by atoms with van der Waals surface area (Å²) in [6.45, 7) is 3.38. The number of amides is 1. The molecule has 4 rings (SSSR count). The molecule has 2 aromatic rings. The summed E-state index contributed by atoms with van der Waals surface area (Å²) in [5, 5.41) is 3.87. The zero-order valence-corrected chi connectivity index (χ0v) is 12.5. The molecule has 2 unspecified atom stereocenters. The molecule has 21 heavy (non-hydrogen) atoms. The molecule has 5 heteroatoms. The van der Waals surface area contributed by atoms with Crippen molar-refractivity contribution in [2.75, 3.05) is 19.6 Å². The van der Waals surface area contributed by atoms with Gasteiger partial charge in [-0.1, -0.05) is 11.6 Å². The minimum atomic E-state index is 0.0160. The van der Waals surface area contributed by atoms with E-state index in [1.807, 2.05) is 35.0 Å². The van der Waals surface area contributed by atoms with E-state index in [1.165, 1.54) is 19.5 Å². The number of rotatable bonds is 2. The second-order valence-corrected chi connectivity index (χ2v) is 6.66. The summed E-state index contributed by atoms with van der Waals surface area (Å²) < 4.78 is 1.92. The van der Waals surface area contributed by atoms with Gasteiger partial charge in [0.1, 0.15) is 0 Å². The van der Waals surface area contributed by atoms with E-state index in [1.54, 1.807) is 0 Å². The van der Waals surface area contributed by atoms with Gasteiger partial charge in [-0.3, -0.25) is 4.79 Å². The molecule has 0 aromatic carbocycles. The number of carbonyl (C=O) groups excluding carboxylic acids is 1. The van der Waals surface area contributed by atoms with Crippen LogP contribution in [-0.2, 0) is 0 Å². The van der Waals surface area contributed by atoms with Gasteiger partial charge in [-0.05, 0) is 43.5 Å². The molecule has 0 saturated carbocycles. The van der Waals surface area contributed by atoms with Crippen molar-refractivity contribution < 1.29 is 4.79 Å². The SMILES string of the molecule is O=C(N[C@@H]1CC2CCN(C2)C1)c1ccn2cc(Cl)cc2c1. The zero-order chi connectivity index (χ0) is 14.4. The Morgan fingerprint density at radius 1 is 1.33 bits per heavy atom. The number of aromatic nitrogens is 1. The fourth-order valence-corrected chi connectivity index (χ4v) is 3.86. The molecule has 4 heterocycles. The van der Waals surface area contributed by atoms with Crippen LogP contribution in [-0.4, -0.2) is 40.9 Å². The quantitative estimate of drug-likeness (QED) is 0.925. The highest BCUT2D eigenvalue weighted by Crippen LogP contribution is 2.27. The molecular weight excluding hydrogens is 286 g/mol. The second-order valence-electron chi connectivity index (χ2n) is 6.23. The number of piperidine rings is 1. The van der Waals surface area contributed by atoms with Crippen LogP contribution in [0.3, 0.4) is 0 Å². The van der Waals surface area contributed by atoms with Gasteiger partial charge in [0.25, 0.3) is 5.91 Å². The van der Waals surface area contributed by atoms with Gasteiger partial charge < -0.3 is 14.6 Å². The van der Waals surface area contributed by atoms with E-state index in [0.717, 1.165) is 24.4 Å². The monoisotopic (exact) mass is 303 g/mol. The molecule has 0 spiro atoms. The highest BCUT2D eigenvalue weighted by molar-refractivity contribution is 6.31. The standard InChI is InChI=1S/C16H18ClN3O/c17-13-7-15-6-12(2-4-20(15)9-13)16(21)18-14-5-11-1-3-19(8-11)10-14/h2,4,6-7,9,11,14H,1,3,5,8,10H2,(H,18,21)/t11?,14-/m1/s1. The number of hydrogen-bond acceptors (Lipinski definition) is 2. The fraction of sp³-hybridized carbons (Fsp3) is 0.438. The van der Waals surface area contributed by atoms with Crippen molar-refractivity contribution in [3.05, 3.63) is 41.2 Å². The van der Waals surface area contributed by atoms with E-state index in [-0.39, 0.29) is 11.9 Å². The van der Waals surface area contributed by atoms with Crippen molar-refractivity contribution in [1.29, 1.82) is 0 Å². The Bertz CT molecular complexity index is 684. The first-order chi connectivity index (χ1) is 10.2. The van der Waals surface area contributed by atoms with E-state index in [2.05, 4.69) is 10.2 Å². The van der Waals surface area contributed by atoms with E-state index in [0.29, 0.717) is 10.6 Å². The van der Waals surface area contributed by atoms with Gasteiger partial charge in [0.2, 0.25) is 0 Å². The van der Waals surface area contributed by atoms with Crippen LogP contribution in [0.15, 0.2) is 30.6 Å². The average molecular weight is 304 g/mol. The second kappa shape index (κ2) is 5.04. The van der Waals surface area contributed by atoms with Crippen LogP contribution >= 0.6 is 11.6 Å². The predicted molar refractivity (Wildman–Crippen MR) is 82.8 cm³/mol. The number of halogens is 1. The topological polar surface area (TPSA) is 36.8 Å². The molecular formula is C16H18ClN3O. The summed E-state index contributed by atoms with van der Waals surface area (Å²) in [6.07, 6.45) is 6.11. The maximum atomic E-state index is 12.4. The van der Waals surface area contributed by atoms with E-state index >= 15 is 0 Å². The highest BCUT2D eigenvalue weighted by Gasteiger charge is 2.32. The van der Waals surface area contributed by atoms with Gasteiger partial charge in [0.05, 0.1) is 5.02 Å². The van der Waals surface area contributed by atoms with E-state index < -0.39 is 0 Å². The van der Waals surface area contributed by atoms with Crippen molar-refractivity contribution in [3.8, 4) is 0 Å². The minimum Gasteiger partial charge on any atom is -0.348 e. The van der Waals surface area contributed by atoms with Crippen LogP contribution in [0.25, 0.3) is 5.52 Å². The Hall–Kier alpha value is -1.52. The maximum Gasteiger partial charge on any atom is 0.251 e. The Morgan fingerprint density at radius 3 is 3.10 bits per heavy atom. The van der Waals surface area contributed by atoms with Crippen molar-refractivity contribution in [3.63, 3.8) is 0 Å². The van der Waals surface area contributed by atoms with E-state index in [9.17, 15) is 4.79 Å². The molecule has 0 aliphatic carbocycles. The Kier molecular flexibility index (Phi) is 3.16. The summed E-state index contributed by atoms with van der Waals surface area (Å²) in [5.74, 6) is 0.776. The fourth-order valence-electron chi connectivity index (χ4n) is 3.65. The van der Waals surface area contributed by atoms with Crippen molar-refractivity contribution >= 4 is 23.0 Å². The summed E-state index contributed by atoms with van der Waals surface area (Å²) in [4.78, 5) is 14.9. The number of hydrogen-bond donors (Lipinski definition) is 1. The van der Waals surface area contributed by atoms with E-state index in [4.69, 9.17) is 11.6 Å². The Morgan fingerprint density at radius 2 is 2.24 bits per heavy atom. The Balaban J connectivity index is 1.50. The average Bonchev–Trinajstić information content (AvgIpc) is 2.99. The molecule has 2 fully saturated rings. The summed E-state index contributed by atoms with van der Waals surface area (Å²) in [7, 11) is 0. The molecule has 1 amide bonds. The first-order valence-electron chi connectivity index (χ1n) is 7.48. The highest BCUT2D eigenvalue weighted by atomic mass is 35.5. The first-order valence-corrected chi connectivity index (χ1v) is 7.86. The third kappa shape index (κ3) is 2.54. The number of fused-ring (bicyclic) bond motifs is 3. The minimum absolute atomic E-state index is 0.0160. The largest absolute Gasteiger partial charge is 0.348 e. The molecule has 2 aromatic heterocycles. The number of nitrogens with one attached hydrogen (secondary N) is 1. The van der Waals surface area contributed by atoms with Gasteiger partial charge in [-0.25, -0.2) is 0 Å².